The Hall–Kier alpha value is -1.93. The van der Waals surface area contributed by atoms with Crippen molar-refractivity contribution in [2.75, 3.05) is 6.54 Å². The van der Waals surface area contributed by atoms with E-state index in [1.54, 1.807) is 13.0 Å². The van der Waals surface area contributed by atoms with Crippen LogP contribution >= 0.6 is 0 Å². The summed E-state index contributed by atoms with van der Waals surface area (Å²) in [6.45, 7) is 5.84. The summed E-state index contributed by atoms with van der Waals surface area (Å²) in [6.07, 6.45) is 2.71. The van der Waals surface area contributed by atoms with Crippen LogP contribution in [0.5, 0.6) is 0 Å². The van der Waals surface area contributed by atoms with Crippen LogP contribution in [0.2, 0.25) is 0 Å². The van der Waals surface area contributed by atoms with E-state index >= 15 is 0 Å². The molecule has 2 rings (SSSR count). The minimum atomic E-state index is -3.61. The van der Waals surface area contributed by atoms with Crippen LogP contribution in [0.25, 0.3) is 0 Å². The molecule has 0 bridgehead atoms. The number of benzene rings is 1. The van der Waals surface area contributed by atoms with Crippen LogP contribution in [0.4, 0.5) is 0 Å². The summed E-state index contributed by atoms with van der Waals surface area (Å²) in [6, 6.07) is 4.60. The molecule has 0 aliphatic heterocycles. The van der Waals surface area contributed by atoms with E-state index in [0.717, 1.165) is 19.3 Å². The summed E-state index contributed by atoms with van der Waals surface area (Å²) in [5, 5.41) is 5.51. The van der Waals surface area contributed by atoms with Gasteiger partial charge in [0.2, 0.25) is 15.9 Å². The lowest BCUT2D eigenvalue weighted by atomic mass is 10.1. The van der Waals surface area contributed by atoms with E-state index in [2.05, 4.69) is 15.4 Å². The van der Waals surface area contributed by atoms with Crippen LogP contribution in [-0.2, 0) is 14.8 Å². The maximum atomic E-state index is 12.4. The van der Waals surface area contributed by atoms with Gasteiger partial charge in [0.25, 0.3) is 5.91 Å². The van der Waals surface area contributed by atoms with Crippen LogP contribution in [0.15, 0.2) is 23.1 Å². The number of carbonyl (C=O) groups excluding carboxylic acids is 2. The molecule has 144 valence electrons. The third-order valence-corrected chi connectivity index (χ3v) is 5.84. The molecule has 0 radical (unpaired) electrons. The Bertz CT molecular complexity index is 773. The summed E-state index contributed by atoms with van der Waals surface area (Å²) in [7, 11) is -3.61. The highest BCUT2D eigenvalue weighted by atomic mass is 32.2. The third kappa shape index (κ3) is 5.81. The van der Waals surface area contributed by atoms with Gasteiger partial charge in [-0.1, -0.05) is 13.0 Å². The Balaban J connectivity index is 1.97. The molecule has 1 aromatic rings. The van der Waals surface area contributed by atoms with Crippen molar-refractivity contribution in [2.45, 2.75) is 63.4 Å². The first-order valence-corrected chi connectivity index (χ1v) is 10.4. The van der Waals surface area contributed by atoms with Crippen LogP contribution < -0.4 is 15.4 Å². The van der Waals surface area contributed by atoms with Crippen LogP contribution in [0.1, 0.15) is 55.5 Å². The number of aryl methyl sites for hydroxylation is 1. The molecule has 0 saturated heterocycles. The zero-order chi connectivity index (χ0) is 19.3. The second kappa shape index (κ2) is 8.64. The number of nitrogens with one attached hydrogen (secondary N) is 3. The lowest BCUT2D eigenvalue weighted by molar-refractivity contribution is -0.121. The first kappa shape index (κ1) is 20.4. The van der Waals surface area contributed by atoms with E-state index in [4.69, 9.17) is 0 Å². The van der Waals surface area contributed by atoms with Gasteiger partial charge in [-0.15, -0.1) is 0 Å². The average molecular weight is 381 g/mol. The lowest BCUT2D eigenvalue weighted by Gasteiger charge is -2.13. The summed E-state index contributed by atoms with van der Waals surface area (Å²) < 4.78 is 27.2. The third-order valence-electron chi connectivity index (χ3n) is 4.32. The van der Waals surface area contributed by atoms with Gasteiger partial charge in [-0.25, -0.2) is 13.1 Å². The van der Waals surface area contributed by atoms with Gasteiger partial charge in [0.15, 0.2) is 0 Å². The van der Waals surface area contributed by atoms with Crippen LogP contribution in [-0.4, -0.2) is 38.9 Å². The van der Waals surface area contributed by atoms with E-state index in [9.17, 15) is 18.0 Å². The fourth-order valence-corrected chi connectivity index (χ4v) is 3.67. The van der Waals surface area contributed by atoms with E-state index < -0.39 is 10.0 Å². The number of sulfonamides is 1. The highest BCUT2D eigenvalue weighted by Crippen LogP contribution is 2.23. The number of hydrogen-bond donors (Lipinski definition) is 3. The van der Waals surface area contributed by atoms with E-state index in [0.29, 0.717) is 11.1 Å². The van der Waals surface area contributed by atoms with Gasteiger partial charge in [-0.3, -0.25) is 9.59 Å². The summed E-state index contributed by atoms with van der Waals surface area (Å²) >= 11 is 0. The predicted octanol–water partition coefficient (Wildman–Crippen LogP) is 1.47. The van der Waals surface area contributed by atoms with E-state index in [-0.39, 0.29) is 41.8 Å². The fourth-order valence-electron chi connectivity index (χ4n) is 2.34. The quantitative estimate of drug-likeness (QED) is 0.602. The Morgan fingerprint density at radius 3 is 2.58 bits per heavy atom. The molecular formula is C18H27N3O4S. The molecule has 1 atom stereocenters. The van der Waals surface area contributed by atoms with E-state index in [1.165, 1.54) is 12.1 Å². The molecule has 0 aromatic heterocycles. The average Bonchev–Trinajstić information content (AvgIpc) is 3.37. The highest BCUT2D eigenvalue weighted by Gasteiger charge is 2.28. The van der Waals surface area contributed by atoms with Gasteiger partial charge in [0.1, 0.15) is 0 Å². The number of amides is 2. The molecule has 26 heavy (non-hydrogen) atoms. The van der Waals surface area contributed by atoms with E-state index in [1.807, 2.05) is 13.8 Å². The molecule has 0 spiro atoms. The normalized spacial score (nSPS) is 15.3. The Labute approximate surface area is 155 Å². The van der Waals surface area contributed by atoms with Gasteiger partial charge in [-0.05, 0) is 50.8 Å². The van der Waals surface area contributed by atoms with Crippen molar-refractivity contribution < 1.29 is 18.0 Å². The second-order valence-corrected chi connectivity index (χ2v) is 8.47. The monoisotopic (exact) mass is 381 g/mol. The van der Waals surface area contributed by atoms with Gasteiger partial charge in [0.05, 0.1) is 4.90 Å². The number of hydrogen-bond acceptors (Lipinski definition) is 4. The first-order valence-electron chi connectivity index (χ1n) is 8.93. The van der Waals surface area contributed by atoms with Crippen molar-refractivity contribution in [3.8, 4) is 0 Å². The van der Waals surface area contributed by atoms with Crippen molar-refractivity contribution in [3.05, 3.63) is 29.3 Å². The van der Waals surface area contributed by atoms with Crippen molar-refractivity contribution in [3.63, 3.8) is 0 Å². The van der Waals surface area contributed by atoms with Crippen LogP contribution in [0.3, 0.4) is 0 Å². The highest BCUT2D eigenvalue weighted by molar-refractivity contribution is 7.89. The molecule has 1 fully saturated rings. The molecule has 8 heteroatoms. The topological polar surface area (TPSA) is 104 Å². The zero-order valence-electron chi connectivity index (χ0n) is 15.5. The predicted molar refractivity (Wildman–Crippen MR) is 99.4 cm³/mol. The minimum absolute atomic E-state index is 0.00241. The largest absolute Gasteiger partial charge is 0.354 e. The van der Waals surface area contributed by atoms with Crippen molar-refractivity contribution in [1.82, 2.24) is 15.4 Å². The second-order valence-electron chi connectivity index (χ2n) is 6.75. The Morgan fingerprint density at radius 2 is 1.96 bits per heavy atom. The molecule has 3 N–H and O–H groups in total. The fraction of sp³-hybridized carbons (Fsp3) is 0.556. The summed E-state index contributed by atoms with van der Waals surface area (Å²) in [5.74, 6) is -0.511. The standard InChI is InChI=1S/C18H27N3O4S/c1-4-13(3)20-17(22)9-10-19-18(23)16-11-15(8-5-12(16)2)26(24,25)21-14-6-7-14/h5,8,11,13-14,21H,4,6-7,9-10H2,1-3H3,(H,19,23)(H,20,22). The maximum Gasteiger partial charge on any atom is 0.251 e. The molecule has 2 amide bonds. The Morgan fingerprint density at radius 1 is 1.27 bits per heavy atom. The van der Waals surface area contributed by atoms with Crippen LogP contribution in [0, 0.1) is 6.92 Å². The molecule has 1 aliphatic rings. The van der Waals surface area contributed by atoms with Gasteiger partial charge >= 0.3 is 0 Å². The summed E-state index contributed by atoms with van der Waals surface area (Å²) in [4.78, 5) is 24.2. The SMILES string of the molecule is CCC(C)NC(=O)CCNC(=O)c1cc(S(=O)(=O)NC2CC2)ccc1C. The van der Waals surface area contributed by atoms with Gasteiger partial charge < -0.3 is 10.6 Å². The molecular weight excluding hydrogens is 354 g/mol. The minimum Gasteiger partial charge on any atom is -0.354 e. The number of rotatable bonds is 9. The first-order chi connectivity index (χ1) is 12.2. The molecule has 1 aromatic carbocycles. The zero-order valence-corrected chi connectivity index (χ0v) is 16.3. The lowest BCUT2D eigenvalue weighted by Crippen LogP contribution is -2.35. The maximum absolute atomic E-state index is 12.4. The molecule has 1 unspecified atom stereocenters. The van der Waals surface area contributed by atoms with Gasteiger partial charge in [-0.2, -0.15) is 0 Å². The molecule has 0 heterocycles. The Kier molecular flexibility index (Phi) is 6.77. The van der Waals surface area contributed by atoms with Crippen molar-refractivity contribution in [1.29, 1.82) is 0 Å². The van der Waals surface area contributed by atoms with Crippen molar-refractivity contribution >= 4 is 21.8 Å². The molecule has 1 saturated carbocycles. The van der Waals surface area contributed by atoms with Gasteiger partial charge in [0, 0.05) is 30.6 Å². The number of carbonyl (C=O) groups is 2. The van der Waals surface area contributed by atoms with Crippen molar-refractivity contribution in [2.24, 2.45) is 0 Å². The smallest absolute Gasteiger partial charge is 0.251 e. The molecule has 7 nitrogen and oxygen atoms in total. The molecule has 1 aliphatic carbocycles. The summed E-state index contributed by atoms with van der Waals surface area (Å²) in [5.41, 5.74) is 0.975.